The Morgan fingerprint density at radius 3 is 2.71 bits per heavy atom. The summed E-state index contributed by atoms with van der Waals surface area (Å²) in [6.07, 6.45) is 0.714. The van der Waals surface area contributed by atoms with Crippen molar-refractivity contribution >= 4 is 11.7 Å². The fraction of sp³-hybridized carbons (Fsp3) is 0.364. The minimum absolute atomic E-state index is 0.210. The van der Waals surface area contributed by atoms with Crippen molar-refractivity contribution in [2.45, 2.75) is 18.8 Å². The van der Waals surface area contributed by atoms with Gasteiger partial charge in [-0.05, 0) is 30.0 Å². The number of nitrogen functional groups attached to an aromatic ring is 1. The van der Waals surface area contributed by atoms with Crippen LogP contribution in [0.3, 0.4) is 0 Å². The summed E-state index contributed by atoms with van der Waals surface area (Å²) in [5.74, 6) is -0.530. The Balaban J connectivity index is 2.44. The Kier molecular flexibility index (Phi) is 1.77. The van der Waals surface area contributed by atoms with E-state index in [2.05, 4.69) is 0 Å². The zero-order chi connectivity index (χ0) is 10.3. The predicted molar refractivity (Wildman–Crippen MR) is 53.9 cm³/mol. The summed E-state index contributed by atoms with van der Waals surface area (Å²) in [6.45, 7) is 1.96. The molecule has 1 aromatic rings. The van der Waals surface area contributed by atoms with E-state index in [1.807, 2.05) is 13.0 Å². The van der Waals surface area contributed by atoms with Gasteiger partial charge < -0.3 is 10.8 Å². The third-order valence-corrected chi connectivity index (χ3v) is 3.09. The quantitative estimate of drug-likeness (QED) is 0.698. The molecule has 14 heavy (non-hydrogen) atoms. The van der Waals surface area contributed by atoms with Crippen LogP contribution < -0.4 is 5.73 Å². The highest BCUT2D eigenvalue weighted by Gasteiger charge is 2.58. The second-order valence-corrected chi connectivity index (χ2v) is 4.01. The molecule has 0 aromatic heterocycles. The minimum atomic E-state index is -0.740. The molecule has 2 atom stereocenters. The second-order valence-electron chi connectivity index (χ2n) is 4.01. The predicted octanol–water partition coefficient (Wildman–Crippen LogP) is 1.63. The van der Waals surface area contributed by atoms with Crippen LogP contribution in [0.25, 0.3) is 0 Å². The maximum absolute atomic E-state index is 11.2. The zero-order valence-corrected chi connectivity index (χ0v) is 8.03. The van der Waals surface area contributed by atoms with Crippen LogP contribution in [-0.4, -0.2) is 11.1 Å². The number of carboxylic acids is 1. The average Bonchev–Trinajstić information content (AvgIpc) is 2.79. The molecular weight excluding hydrogens is 178 g/mol. The van der Waals surface area contributed by atoms with Crippen LogP contribution in [0.4, 0.5) is 5.69 Å². The van der Waals surface area contributed by atoms with E-state index < -0.39 is 11.4 Å². The lowest BCUT2D eigenvalue weighted by atomic mass is 9.93. The lowest BCUT2D eigenvalue weighted by Gasteiger charge is -2.11. The van der Waals surface area contributed by atoms with Crippen LogP contribution >= 0.6 is 0 Å². The first-order valence-electron chi connectivity index (χ1n) is 4.67. The average molecular weight is 191 g/mol. The summed E-state index contributed by atoms with van der Waals surface area (Å²) >= 11 is 0. The number of hydrogen-bond donors (Lipinski definition) is 2. The lowest BCUT2D eigenvalue weighted by Crippen LogP contribution is -2.21. The van der Waals surface area contributed by atoms with Crippen molar-refractivity contribution in [3.05, 3.63) is 29.8 Å². The van der Waals surface area contributed by atoms with Crippen molar-refractivity contribution in [3.63, 3.8) is 0 Å². The number of benzene rings is 1. The topological polar surface area (TPSA) is 63.3 Å². The van der Waals surface area contributed by atoms with Gasteiger partial charge in [0.05, 0.1) is 5.41 Å². The summed E-state index contributed by atoms with van der Waals surface area (Å²) in [5.41, 5.74) is 6.42. The summed E-state index contributed by atoms with van der Waals surface area (Å²) in [5, 5.41) is 9.18. The summed E-state index contributed by atoms with van der Waals surface area (Å²) in [6, 6.07) is 7.18. The molecule has 0 spiro atoms. The molecule has 0 amide bonds. The molecule has 0 aliphatic heterocycles. The second kappa shape index (κ2) is 2.74. The standard InChI is InChI=1S/C11H13NO2/c1-7-6-11(7,10(13)14)8-3-2-4-9(12)5-8/h2-5,7H,6,12H2,1H3,(H,13,14). The van der Waals surface area contributed by atoms with Crippen LogP contribution in [0.1, 0.15) is 18.9 Å². The molecule has 0 heterocycles. The van der Waals surface area contributed by atoms with Crippen LogP contribution in [0, 0.1) is 5.92 Å². The summed E-state index contributed by atoms with van der Waals surface area (Å²) < 4.78 is 0. The number of hydrogen-bond acceptors (Lipinski definition) is 2. The largest absolute Gasteiger partial charge is 0.481 e. The van der Waals surface area contributed by atoms with Crippen molar-refractivity contribution < 1.29 is 9.90 Å². The van der Waals surface area contributed by atoms with Gasteiger partial charge >= 0.3 is 5.97 Å². The van der Waals surface area contributed by atoms with Gasteiger partial charge in [-0.25, -0.2) is 0 Å². The van der Waals surface area contributed by atoms with E-state index >= 15 is 0 Å². The number of rotatable bonds is 2. The van der Waals surface area contributed by atoms with E-state index in [1.165, 1.54) is 0 Å². The van der Waals surface area contributed by atoms with Crippen molar-refractivity contribution in [1.29, 1.82) is 0 Å². The monoisotopic (exact) mass is 191 g/mol. The van der Waals surface area contributed by atoms with Gasteiger partial charge in [0.25, 0.3) is 0 Å². The molecule has 3 heteroatoms. The van der Waals surface area contributed by atoms with Crippen molar-refractivity contribution in [2.24, 2.45) is 5.92 Å². The summed E-state index contributed by atoms with van der Waals surface area (Å²) in [4.78, 5) is 11.2. The van der Waals surface area contributed by atoms with Gasteiger partial charge in [-0.3, -0.25) is 4.79 Å². The molecule has 3 N–H and O–H groups in total. The van der Waals surface area contributed by atoms with Crippen LogP contribution in [0.15, 0.2) is 24.3 Å². The maximum Gasteiger partial charge on any atom is 0.314 e. The third-order valence-electron chi connectivity index (χ3n) is 3.09. The Bertz CT molecular complexity index is 389. The molecule has 3 nitrogen and oxygen atoms in total. The molecular formula is C11H13NO2. The molecule has 0 radical (unpaired) electrons. The Labute approximate surface area is 82.5 Å². The molecule has 1 aliphatic carbocycles. The molecule has 2 unspecified atom stereocenters. The van der Waals surface area contributed by atoms with E-state index in [1.54, 1.807) is 18.2 Å². The van der Waals surface area contributed by atoms with Crippen molar-refractivity contribution in [1.82, 2.24) is 0 Å². The Morgan fingerprint density at radius 2 is 2.29 bits per heavy atom. The number of carbonyl (C=O) groups is 1. The molecule has 2 rings (SSSR count). The number of carboxylic acid groups (broad SMARTS) is 1. The third kappa shape index (κ3) is 1.09. The normalized spacial score (nSPS) is 29.9. The van der Waals surface area contributed by atoms with Gasteiger partial charge in [-0.15, -0.1) is 0 Å². The van der Waals surface area contributed by atoms with E-state index in [9.17, 15) is 9.90 Å². The van der Waals surface area contributed by atoms with Gasteiger partial charge in [0, 0.05) is 5.69 Å². The molecule has 1 fully saturated rings. The molecule has 1 aromatic carbocycles. The van der Waals surface area contributed by atoms with Crippen LogP contribution in [-0.2, 0) is 10.2 Å². The number of anilines is 1. The molecule has 0 saturated heterocycles. The lowest BCUT2D eigenvalue weighted by molar-refractivity contribution is -0.140. The molecule has 0 bridgehead atoms. The van der Waals surface area contributed by atoms with Gasteiger partial charge in [0.2, 0.25) is 0 Å². The van der Waals surface area contributed by atoms with Gasteiger partial charge in [-0.1, -0.05) is 19.1 Å². The SMILES string of the molecule is CC1CC1(C(=O)O)c1cccc(N)c1. The van der Waals surface area contributed by atoms with Gasteiger partial charge in [0.15, 0.2) is 0 Å². The molecule has 1 aliphatic rings. The smallest absolute Gasteiger partial charge is 0.314 e. The number of aliphatic carboxylic acids is 1. The highest BCUT2D eigenvalue weighted by atomic mass is 16.4. The zero-order valence-electron chi connectivity index (χ0n) is 8.03. The molecule has 1 saturated carbocycles. The van der Waals surface area contributed by atoms with E-state index in [-0.39, 0.29) is 5.92 Å². The van der Waals surface area contributed by atoms with E-state index in [4.69, 9.17) is 5.73 Å². The highest BCUT2D eigenvalue weighted by molar-refractivity contribution is 5.86. The van der Waals surface area contributed by atoms with E-state index in [0.29, 0.717) is 12.1 Å². The fourth-order valence-electron chi connectivity index (χ4n) is 2.06. The highest BCUT2D eigenvalue weighted by Crippen LogP contribution is 2.54. The van der Waals surface area contributed by atoms with Crippen molar-refractivity contribution in [2.75, 3.05) is 5.73 Å². The van der Waals surface area contributed by atoms with Crippen molar-refractivity contribution in [3.8, 4) is 0 Å². The van der Waals surface area contributed by atoms with Gasteiger partial charge in [0.1, 0.15) is 0 Å². The number of nitrogens with two attached hydrogens (primary N) is 1. The van der Waals surface area contributed by atoms with E-state index in [0.717, 1.165) is 5.56 Å². The Morgan fingerprint density at radius 1 is 1.64 bits per heavy atom. The fourth-order valence-corrected chi connectivity index (χ4v) is 2.06. The Hall–Kier alpha value is -1.51. The maximum atomic E-state index is 11.2. The minimum Gasteiger partial charge on any atom is -0.481 e. The molecule has 74 valence electrons. The van der Waals surface area contributed by atoms with Gasteiger partial charge in [-0.2, -0.15) is 0 Å². The summed E-state index contributed by atoms with van der Waals surface area (Å²) in [7, 11) is 0. The first-order valence-corrected chi connectivity index (χ1v) is 4.67. The van der Waals surface area contributed by atoms with Crippen LogP contribution in [0.5, 0.6) is 0 Å². The van der Waals surface area contributed by atoms with Crippen LogP contribution in [0.2, 0.25) is 0 Å². The first-order chi connectivity index (χ1) is 6.57. The first kappa shape index (κ1) is 9.06.